The summed E-state index contributed by atoms with van der Waals surface area (Å²) in [5.41, 5.74) is 0.285. The number of halogens is 1. The first-order valence-electron chi connectivity index (χ1n) is 7.75. The van der Waals surface area contributed by atoms with Crippen molar-refractivity contribution in [2.75, 3.05) is 13.1 Å². The van der Waals surface area contributed by atoms with Gasteiger partial charge in [-0.15, -0.1) is 5.10 Å². The van der Waals surface area contributed by atoms with Gasteiger partial charge in [0.25, 0.3) is 5.91 Å². The van der Waals surface area contributed by atoms with E-state index >= 15 is 0 Å². The van der Waals surface area contributed by atoms with Gasteiger partial charge in [0.1, 0.15) is 5.69 Å². The molecular weight excluding hydrogens is 366 g/mol. The number of aromatic nitrogens is 3. The maximum absolute atomic E-state index is 12.8. The number of sulfonamides is 1. The van der Waals surface area contributed by atoms with E-state index < -0.39 is 10.0 Å². The minimum Gasteiger partial charge on any atom is -0.329 e. The van der Waals surface area contributed by atoms with E-state index in [9.17, 15) is 13.2 Å². The van der Waals surface area contributed by atoms with Crippen LogP contribution in [0, 0.1) is 0 Å². The maximum atomic E-state index is 12.8. The van der Waals surface area contributed by atoms with Crippen molar-refractivity contribution in [3.63, 3.8) is 0 Å². The SMILES string of the molecule is C[C@@H]1CN(S(=O)(=O)c2ccc(Cl)cc2)C[C@H](C)N1C(=O)c1cnn[nH]1. The van der Waals surface area contributed by atoms with Crippen LogP contribution in [0.15, 0.2) is 35.4 Å². The van der Waals surface area contributed by atoms with Crippen LogP contribution in [0.4, 0.5) is 0 Å². The first kappa shape index (κ1) is 17.8. The number of piperazine rings is 1. The molecular formula is C15H18ClN5O3S. The van der Waals surface area contributed by atoms with E-state index in [4.69, 9.17) is 11.6 Å². The highest BCUT2D eigenvalue weighted by atomic mass is 35.5. The van der Waals surface area contributed by atoms with Crippen molar-refractivity contribution in [1.82, 2.24) is 24.6 Å². The van der Waals surface area contributed by atoms with Crippen LogP contribution in [0.25, 0.3) is 0 Å². The molecule has 2 atom stereocenters. The van der Waals surface area contributed by atoms with Crippen molar-refractivity contribution < 1.29 is 13.2 Å². The van der Waals surface area contributed by atoms with E-state index in [1.54, 1.807) is 17.0 Å². The van der Waals surface area contributed by atoms with E-state index in [0.717, 1.165) is 0 Å². The van der Waals surface area contributed by atoms with Crippen molar-refractivity contribution in [2.45, 2.75) is 30.8 Å². The maximum Gasteiger partial charge on any atom is 0.274 e. The number of H-pyrrole nitrogens is 1. The highest BCUT2D eigenvalue weighted by Crippen LogP contribution is 2.25. The largest absolute Gasteiger partial charge is 0.329 e. The second kappa shape index (κ2) is 6.74. The normalized spacial score (nSPS) is 22.1. The highest BCUT2D eigenvalue weighted by Gasteiger charge is 2.38. The van der Waals surface area contributed by atoms with Gasteiger partial charge in [0.15, 0.2) is 0 Å². The number of benzene rings is 1. The third-order valence-corrected chi connectivity index (χ3v) is 6.31. The van der Waals surface area contributed by atoms with Gasteiger partial charge in [-0.25, -0.2) is 8.42 Å². The lowest BCUT2D eigenvalue weighted by Crippen LogP contribution is -2.59. The van der Waals surface area contributed by atoms with Crippen molar-refractivity contribution in [3.8, 4) is 0 Å². The van der Waals surface area contributed by atoms with E-state index in [1.165, 1.54) is 22.6 Å². The van der Waals surface area contributed by atoms with Crippen molar-refractivity contribution >= 4 is 27.5 Å². The molecule has 8 nitrogen and oxygen atoms in total. The molecule has 0 spiro atoms. The van der Waals surface area contributed by atoms with Crippen LogP contribution in [0.3, 0.4) is 0 Å². The number of rotatable bonds is 3. The summed E-state index contributed by atoms with van der Waals surface area (Å²) in [6.07, 6.45) is 1.36. The Morgan fingerprint density at radius 2 is 1.80 bits per heavy atom. The summed E-state index contributed by atoms with van der Waals surface area (Å²) < 4.78 is 27.1. The molecule has 1 amide bonds. The summed E-state index contributed by atoms with van der Waals surface area (Å²) in [5, 5.41) is 10.2. The molecule has 2 heterocycles. The van der Waals surface area contributed by atoms with Gasteiger partial charge < -0.3 is 4.90 Å². The summed E-state index contributed by atoms with van der Waals surface area (Å²) >= 11 is 5.83. The molecule has 1 N–H and O–H groups in total. The van der Waals surface area contributed by atoms with Crippen LogP contribution in [-0.4, -0.2) is 64.1 Å². The molecule has 1 fully saturated rings. The predicted molar refractivity (Wildman–Crippen MR) is 91.7 cm³/mol. The topological polar surface area (TPSA) is 99.3 Å². The quantitative estimate of drug-likeness (QED) is 0.863. The lowest BCUT2D eigenvalue weighted by atomic mass is 10.1. The Balaban J connectivity index is 1.82. The van der Waals surface area contributed by atoms with Crippen molar-refractivity contribution in [2.24, 2.45) is 0 Å². The number of hydrogen-bond donors (Lipinski definition) is 1. The summed E-state index contributed by atoms with van der Waals surface area (Å²) in [5.74, 6) is -0.242. The average molecular weight is 384 g/mol. The number of nitrogens with zero attached hydrogens (tertiary/aromatic N) is 4. The number of hydrogen-bond acceptors (Lipinski definition) is 5. The van der Waals surface area contributed by atoms with Gasteiger partial charge in [-0.05, 0) is 38.1 Å². The lowest BCUT2D eigenvalue weighted by molar-refractivity contribution is 0.0435. The van der Waals surface area contributed by atoms with E-state index in [-0.39, 0.29) is 41.7 Å². The molecule has 0 radical (unpaired) electrons. The first-order chi connectivity index (χ1) is 11.8. The Morgan fingerprint density at radius 1 is 1.20 bits per heavy atom. The number of nitrogens with one attached hydrogen (secondary N) is 1. The lowest BCUT2D eigenvalue weighted by Gasteiger charge is -2.43. The Kier molecular flexibility index (Phi) is 4.81. The molecule has 0 aliphatic carbocycles. The molecule has 1 saturated heterocycles. The van der Waals surface area contributed by atoms with E-state index in [1.807, 2.05) is 13.8 Å². The van der Waals surface area contributed by atoms with Crippen LogP contribution in [-0.2, 0) is 10.0 Å². The van der Waals surface area contributed by atoms with Gasteiger partial charge in [0, 0.05) is 30.2 Å². The molecule has 1 aromatic heterocycles. The minimum atomic E-state index is -3.64. The fourth-order valence-corrected chi connectivity index (χ4v) is 4.79. The van der Waals surface area contributed by atoms with Gasteiger partial charge in [-0.3, -0.25) is 9.89 Å². The number of aromatic amines is 1. The smallest absolute Gasteiger partial charge is 0.274 e. The molecule has 3 rings (SSSR count). The molecule has 0 bridgehead atoms. The van der Waals surface area contributed by atoms with Crippen LogP contribution in [0.2, 0.25) is 5.02 Å². The molecule has 0 unspecified atom stereocenters. The molecule has 0 saturated carbocycles. The molecule has 1 aromatic carbocycles. The Labute approximate surface area is 150 Å². The summed E-state index contributed by atoms with van der Waals surface area (Å²) in [4.78, 5) is 14.4. The van der Waals surface area contributed by atoms with Gasteiger partial charge in [0.05, 0.1) is 11.1 Å². The van der Waals surface area contributed by atoms with E-state index in [2.05, 4.69) is 15.4 Å². The summed E-state index contributed by atoms with van der Waals surface area (Å²) in [7, 11) is -3.64. The monoisotopic (exact) mass is 383 g/mol. The summed E-state index contributed by atoms with van der Waals surface area (Å²) in [6, 6.07) is 5.49. The zero-order valence-electron chi connectivity index (χ0n) is 13.8. The van der Waals surface area contributed by atoms with Gasteiger partial charge in [-0.1, -0.05) is 16.8 Å². The third-order valence-electron chi connectivity index (χ3n) is 4.22. The number of amides is 1. The standard InChI is InChI=1S/C15H18ClN5O3S/c1-10-8-20(25(23,24)13-5-3-12(16)4-6-13)9-11(2)21(10)15(22)14-7-17-19-18-14/h3-7,10-11H,8-9H2,1-2H3,(H,17,18,19)/t10-,11+. The van der Waals surface area contributed by atoms with Crippen molar-refractivity contribution in [3.05, 3.63) is 41.2 Å². The average Bonchev–Trinajstić information content (AvgIpc) is 3.09. The highest BCUT2D eigenvalue weighted by molar-refractivity contribution is 7.89. The Bertz CT molecular complexity index is 842. The summed E-state index contributed by atoms with van der Waals surface area (Å²) in [6.45, 7) is 4.06. The Morgan fingerprint density at radius 3 is 2.32 bits per heavy atom. The van der Waals surface area contributed by atoms with Gasteiger partial charge in [-0.2, -0.15) is 4.31 Å². The fraction of sp³-hybridized carbons (Fsp3) is 0.400. The molecule has 2 aromatic rings. The number of carbonyl (C=O) groups excluding carboxylic acids is 1. The Hall–Kier alpha value is -1.97. The predicted octanol–water partition coefficient (Wildman–Crippen LogP) is 1.38. The minimum absolute atomic E-state index is 0.189. The van der Waals surface area contributed by atoms with Crippen LogP contribution >= 0.6 is 11.6 Å². The zero-order valence-corrected chi connectivity index (χ0v) is 15.3. The second-order valence-corrected chi connectivity index (χ2v) is 8.43. The van der Waals surface area contributed by atoms with Gasteiger partial charge >= 0.3 is 0 Å². The molecule has 134 valence electrons. The molecule has 1 aliphatic heterocycles. The zero-order chi connectivity index (χ0) is 18.2. The van der Waals surface area contributed by atoms with Crippen LogP contribution < -0.4 is 0 Å². The van der Waals surface area contributed by atoms with E-state index in [0.29, 0.717) is 5.02 Å². The first-order valence-corrected chi connectivity index (χ1v) is 9.57. The molecule has 25 heavy (non-hydrogen) atoms. The molecule has 1 aliphatic rings. The van der Waals surface area contributed by atoms with Crippen LogP contribution in [0.5, 0.6) is 0 Å². The van der Waals surface area contributed by atoms with Gasteiger partial charge in [0.2, 0.25) is 10.0 Å². The second-order valence-electron chi connectivity index (χ2n) is 6.06. The fourth-order valence-electron chi connectivity index (χ4n) is 3.07. The molecule has 10 heteroatoms. The van der Waals surface area contributed by atoms with Crippen LogP contribution in [0.1, 0.15) is 24.3 Å². The third kappa shape index (κ3) is 3.39. The van der Waals surface area contributed by atoms with Crippen molar-refractivity contribution in [1.29, 1.82) is 0 Å². The number of carbonyl (C=O) groups is 1.